The molecular formula is C11H14N2S. The Morgan fingerprint density at radius 2 is 2.36 bits per heavy atom. The van der Waals surface area contributed by atoms with E-state index in [4.69, 9.17) is 0 Å². The number of aryl methyl sites for hydroxylation is 1. The SMILES string of the molecule is Cc1cccc(NC2=NC[C@H](C)S2)c1. The fraction of sp³-hybridized carbons (Fsp3) is 0.364. The van der Waals surface area contributed by atoms with Crippen LogP contribution in [-0.2, 0) is 0 Å². The highest BCUT2D eigenvalue weighted by molar-refractivity contribution is 8.15. The maximum Gasteiger partial charge on any atom is 0.161 e. The number of anilines is 1. The Bertz CT molecular complexity index is 360. The van der Waals surface area contributed by atoms with Crippen molar-refractivity contribution in [3.63, 3.8) is 0 Å². The summed E-state index contributed by atoms with van der Waals surface area (Å²) in [7, 11) is 0. The van der Waals surface area contributed by atoms with Gasteiger partial charge in [0.05, 0.1) is 6.54 Å². The number of nitrogens with zero attached hydrogens (tertiary/aromatic N) is 1. The Morgan fingerprint density at radius 3 is 3.00 bits per heavy atom. The molecule has 74 valence electrons. The Morgan fingerprint density at radius 1 is 1.50 bits per heavy atom. The smallest absolute Gasteiger partial charge is 0.161 e. The number of hydrogen-bond acceptors (Lipinski definition) is 3. The predicted octanol–water partition coefficient (Wildman–Crippen LogP) is 2.90. The molecule has 1 heterocycles. The lowest BCUT2D eigenvalue weighted by Crippen LogP contribution is -2.05. The highest BCUT2D eigenvalue weighted by Gasteiger charge is 2.14. The molecule has 2 nitrogen and oxygen atoms in total. The zero-order valence-electron chi connectivity index (χ0n) is 8.45. The summed E-state index contributed by atoms with van der Waals surface area (Å²) in [5.74, 6) is 0. The summed E-state index contributed by atoms with van der Waals surface area (Å²) in [5, 5.41) is 4.98. The van der Waals surface area contributed by atoms with E-state index in [1.807, 2.05) is 0 Å². The van der Waals surface area contributed by atoms with Gasteiger partial charge in [0.1, 0.15) is 0 Å². The molecule has 0 unspecified atom stereocenters. The van der Waals surface area contributed by atoms with Crippen molar-refractivity contribution in [2.24, 2.45) is 4.99 Å². The fourth-order valence-corrected chi connectivity index (χ4v) is 2.25. The maximum atomic E-state index is 4.41. The minimum atomic E-state index is 0.613. The molecule has 1 aromatic rings. The van der Waals surface area contributed by atoms with Gasteiger partial charge in [-0.05, 0) is 24.6 Å². The average molecular weight is 206 g/mol. The lowest BCUT2D eigenvalue weighted by molar-refractivity contribution is 0.976. The summed E-state index contributed by atoms with van der Waals surface area (Å²) in [4.78, 5) is 4.41. The van der Waals surface area contributed by atoms with E-state index < -0.39 is 0 Å². The molecule has 1 aliphatic heterocycles. The molecule has 0 saturated heterocycles. The molecule has 0 aliphatic carbocycles. The Balaban J connectivity index is 2.04. The van der Waals surface area contributed by atoms with Gasteiger partial charge >= 0.3 is 0 Å². The van der Waals surface area contributed by atoms with E-state index in [1.54, 1.807) is 11.8 Å². The first-order chi connectivity index (χ1) is 6.74. The minimum Gasteiger partial charge on any atom is -0.335 e. The van der Waals surface area contributed by atoms with Gasteiger partial charge in [0.2, 0.25) is 0 Å². The van der Waals surface area contributed by atoms with Gasteiger partial charge < -0.3 is 5.32 Å². The summed E-state index contributed by atoms with van der Waals surface area (Å²) >= 11 is 1.81. The maximum absolute atomic E-state index is 4.41. The van der Waals surface area contributed by atoms with Crippen molar-refractivity contribution >= 4 is 22.6 Å². The van der Waals surface area contributed by atoms with Crippen LogP contribution >= 0.6 is 11.8 Å². The Labute approximate surface area is 88.8 Å². The molecular weight excluding hydrogens is 192 g/mol. The molecule has 1 aromatic carbocycles. The molecule has 3 heteroatoms. The van der Waals surface area contributed by atoms with E-state index in [0.29, 0.717) is 5.25 Å². The molecule has 0 fully saturated rings. The molecule has 0 saturated carbocycles. The summed E-state index contributed by atoms with van der Waals surface area (Å²) in [5.41, 5.74) is 2.40. The van der Waals surface area contributed by atoms with Crippen LogP contribution in [0.1, 0.15) is 12.5 Å². The molecule has 0 spiro atoms. The third-order valence-corrected chi connectivity index (χ3v) is 3.08. The van der Waals surface area contributed by atoms with Gasteiger partial charge in [0.25, 0.3) is 0 Å². The molecule has 0 amide bonds. The molecule has 1 aliphatic rings. The first-order valence-corrected chi connectivity index (χ1v) is 5.67. The number of rotatable bonds is 1. The van der Waals surface area contributed by atoms with Gasteiger partial charge in [-0.2, -0.15) is 0 Å². The van der Waals surface area contributed by atoms with Crippen molar-refractivity contribution in [3.05, 3.63) is 29.8 Å². The molecule has 1 N–H and O–H groups in total. The first kappa shape index (κ1) is 9.59. The minimum absolute atomic E-state index is 0.613. The normalized spacial score (nSPS) is 20.7. The van der Waals surface area contributed by atoms with Crippen LogP contribution in [0.4, 0.5) is 5.69 Å². The van der Waals surface area contributed by atoms with E-state index >= 15 is 0 Å². The Kier molecular flexibility index (Phi) is 2.77. The largest absolute Gasteiger partial charge is 0.335 e. The van der Waals surface area contributed by atoms with Crippen molar-refractivity contribution in [1.29, 1.82) is 0 Å². The molecule has 1 atom stereocenters. The van der Waals surface area contributed by atoms with Gasteiger partial charge in [0.15, 0.2) is 5.17 Å². The third kappa shape index (κ3) is 2.29. The van der Waals surface area contributed by atoms with Gasteiger partial charge in [-0.3, -0.25) is 4.99 Å². The van der Waals surface area contributed by atoms with Gasteiger partial charge in [-0.15, -0.1) is 0 Å². The van der Waals surface area contributed by atoms with Crippen LogP contribution in [0.2, 0.25) is 0 Å². The number of nitrogens with one attached hydrogen (secondary N) is 1. The number of benzene rings is 1. The zero-order chi connectivity index (χ0) is 9.97. The van der Waals surface area contributed by atoms with Gasteiger partial charge in [-0.25, -0.2) is 0 Å². The van der Waals surface area contributed by atoms with E-state index in [0.717, 1.165) is 17.4 Å². The van der Waals surface area contributed by atoms with Gasteiger partial charge in [-0.1, -0.05) is 30.8 Å². The predicted molar refractivity (Wildman–Crippen MR) is 64.2 cm³/mol. The number of thioether (sulfide) groups is 1. The second-order valence-electron chi connectivity index (χ2n) is 3.57. The fourth-order valence-electron chi connectivity index (χ4n) is 1.39. The second-order valence-corrected chi connectivity index (χ2v) is 5.00. The molecule has 0 bridgehead atoms. The van der Waals surface area contributed by atoms with Gasteiger partial charge in [0, 0.05) is 10.9 Å². The molecule has 0 radical (unpaired) electrons. The quantitative estimate of drug-likeness (QED) is 0.764. The first-order valence-electron chi connectivity index (χ1n) is 4.79. The summed E-state index contributed by atoms with van der Waals surface area (Å²) in [6.07, 6.45) is 0. The van der Waals surface area contributed by atoms with Crippen LogP contribution in [0.5, 0.6) is 0 Å². The topological polar surface area (TPSA) is 24.4 Å². The van der Waals surface area contributed by atoms with E-state index in [1.165, 1.54) is 5.56 Å². The average Bonchev–Trinajstić information content (AvgIpc) is 2.51. The summed E-state index contributed by atoms with van der Waals surface area (Å²) in [6.45, 7) is 5.22. The highest BCUT2D eigenvalue weighted by Crippen LogP contribution is 2.22. The van der Waals surface area contributed by atoms with Crippen LogP contribution in [-0.4, -0.2) is 17.0 Å². The number of amidine groups is 1. The molecule has 2 rings (SSSR count). The Hall–Kier alpha value is -0.960. The van der Waals surface area contributed by atoms with E-state index in [9.17, 15) is 0 Å². The lowest BCUT2D eigenvalue weighted by Gasteiger charge is -2.06. The monoisotopic (exact) mass is 206 g/mol. The van der Waals surface area contributed by atoms with Crippen molar-refractivity contribution < 1.29 is 0 Å². The van der Waals surface area contributed by atoms with Crippen molar-refractivity contribution in [3.8, 4) is 0 Å². The van der Waals surface area contributed by atoms with E-state index in [2.05, 4.69) is 48.4 Å². The number of hydrogen-bond donors (Lipinski definition) is 1. The van der Waals surface area contributed by atoms with Crippen LogP contribution in [0, 0.1) is 6.92 Å². The molecule has 0 aromatic heterocycles. The molecule has 14 heavy (non-hydrogen) atoms. The van der Waals surface area contributed by atoms with Crippen molar-refractivity contribution in [1.82, 2.24) is 0 Å². The van der Waals surface area contributed by atoms with Crippen LogP contribution in [0.15, 0.2) is 29.3 Å². The summed E-state index contributed by atoms with van der Waals surface area (Å²) in [6, 6.07) is 8.35. The highest BCUT2D eigenvalue weighted by atomic mass is 32.2. The zero-order valence-corrected chi connectivity index (χ0v) is 9.27. The van der Waals surface area contributed by atoms with Crippen LogP contribution in [0.25, 0.3) is 0 Å². The standard InChI is InChI=1S/C11H14N2S/c1-8-4-3-5-10(6-8)13-11-12-7-9(2)14-11/h3-6,9H,7H2,1-2H3,(H,12,13)/t9-/m0/s1. The number of aliphatic imine (C=N–C) groups is 1. The lowest BCUT2D eigenvalue weighted by atomic mass is 10.2. The van der Waals surface area contributed by atoms with Crippen molar-refractivity contribution in [2.75, 3.05) is 11.9 Å². The second kappa shape index (κ2) is 4.05. The van der Waals surface area contributed by atoms with E-state index in [-0.39, 0.29) is 0 Å². The summed E-state index contributed by atoms with van der Waals surface area (Å²) < 4.78 is 0. The van der Waals surface area contributed by atoms with Crippen molar-refractivity contribution in [2.45, 2.75) is 19.1 Å². The third-order valence-electron chi connectivity index (χ3n) is 2.07. The van der Waals surface area contributed by atoms with Crippen LogP contribution in [0.3, 0.4) is 0 Å². The van der Waals surface area contributed by atoms with Crippen LogP contribution < -0.4 is 5.32 Å².